The van der Waals surface area contributed by atoms with Crippen LogP contribution < -0.4 is 15.2 Å². The van der Waals surface area contributed by atoms with Gasteiger partial charge >= 0.3 is 5.95 Å². The summed E-state index contributed by atoms with van der Waals surface area (Å²) in [5.41, 5.74) is 5.95. The minimum atomic E-state index is -0.729. The molecule has 0 radical (unpaired) electrons. The van der Waals surface area contributed by atoms with Gasteiger partial charge in [-0.05, 0) is 12.1 Å². The second kappa shape index (κ2) is 6.73. The van der Waals surface area contributed by atoms with E-state index in [1.54, 1.807) is 0 Å². The number of benzene rings is 1. The van der Waals surface area contributed by atoms with Crippen LogP contribution in [0.4, 0.5) is 10.2 Å². The Balaban J connectivity index is 2.19. The van der Waals surface area contributed by atoms with Crippen LogP contribution in [-0.4, -0.2) is 29.2 Å². The fourth-order valence-electron chi connectivity index (χ4n) is 2.08. The lowest BCUT2D eigenvalue weighted by atomic mass is 10.1. The second-order valence-corrected chi connectivity index (χ2v) is 5.51. The monoisotopic (exact) mass is 384 g/mol. The third-order valence-corrected chi connectivity index (χ3v) is 3.93. The minimum Gasteiger partial charge on any atom is -0.492 e. The molecule has 0 amide bonds. The molecule has 0 saturated heterocycles. The quantitative estimate of drug-likeness (QED) is 0.729. The highest BCUT2D eigenvalue weighted by Gasteiger charge is 2.22. The SMILES string of the molecule is COc1cnc(-c2nc(-c3ccc(Cl)c(OC)c3F)nc(N)c2Cl)o1. The van der Waals surface area contributed by atoms with E-state index in [2.05, 4.69) is 15.0 Å². The van der Waals surface area contributed by atoms with E-state index in [1.807, 2.05) is 0 Å². The van der Waals surface area contributed by atoms with Crippen molar-refractivity contribution in [3.63, 3.8) is 0 Å². The number of nitrogens with zero attached hydrogens (tertiary/aromatic N) is 3. The van der Waals surface area contributed by atoms with E-state index in [0.717, 1.165) is 0 Å². The summed E-state index contributed by atoms with van der Waals surface area (Å²) in [4.78, 5) is 12.2. The molecule has 0 atom stereocenters. The maximum atomic E-state index is 14.6. The molecule has 0 bridgehead atoms. The first-order valence-electron chi connectivity index (χ1n) is 6.81. The molecule has 0 aliphatic rings. The molecule has 0 spiro atoms. The van der Waals surface area contributed by atoms with Gasteiger partial charge in [0.1, 0.15) is 17.0 Å². The average molecular weight is 385 g/mol. The van der Waals surface area contributed by atoms with Gasteiger partial charge in [0.05, 0.1) is 24.8 Å². The molecule has 0 aliphatic carbocycles. The zero-order valence-corrected chi connectivity index (χ0v) is 14.5. The van der Waals surface area contributed by atoms with Crippen LogP contribution in [0.15, 0.2) is 22.7 Å². The van der Waals surface area contributed by atoms with E-state index in [9.17, 15) is 4.39 Å². The number of hydrogen-bond acceptors (Lipinski definition) is 7. The number of oxazole rings is 1. The lowest BCUT2D eigenvalue weighted by Gasteiger charge is -2.10. The lowest BCUT2D eigenvalue weighted by Crippen LogP contribution is -2.02. The minimum absolute atomic E-state index is 0.0228. The summed E-state index contributed by atoms with van der Waals surface area (Å²) in [5.74, 6) is -0.736. The van der Waals surface area contributed by atoms with Crippen LogP contribution in [0.25, 0.3) is 23.0 Å². The molecule has 2 heterocycles. The number of rotatable bonds is 4. The van der Waals surface area contributed by atoms with Crippen LogP contribution in [0.2, 0.25) is 10.0 Å². The highest BCUT2D eigenvalue weighted by molar-refractivity contribution is 6.35. The number of hydrogen-bond donors (Lipinski definition) is 1. The van der Waals surface area contributed by atoms with Crippen LogP contribution >= 0.6 is 23.2 Å². The highest BCUT2D eigenvalue weighted by atomic mass is 35.5. The Kier molecular flexibility index (Phi) is 4.65. The summed E-state index contributed by atoms with van der Waals surface area (Å²) in [6.07, 6.45) is 1.34. The molecule has 0 fully saturated rings. The van der Waals surface area contributed by atoms with Crippen molar-refractivity contribution in [2.24, 2.45) is 0 Å². The Morgan fingerprint density at radius 2 is 1.92 bits per heavy atom. The molecule has 1 aromatic carbocycles. The molecule has 2 aromatic heterocycles. The number of ether oxygens (including phenoxy) is 2. The van der Waals surface area contributed by atoms with Gasteiger partial charge in [0.25, 0.3) is 5.89 Å². The van der Waals surface area contributed by atoms with Gasteiger partial charge in [0.2, 0.25) is 0 Å². The predicted molar refractivity (Wildman–Crippen MR) is 90.5 cm³/mol. The fraction of sp³-hybridized carbons (Fsp3) is 0.133. The molecule has 3 rings (SSSR count). The predicted octanol–water partition coefficient (Wildman–Crippen LogP) is 3.84. The molecule has 0 saturated carbocycles. The normalized spacial score (nSPS) is 10.8. The van der Waals surface area contributed by atoms with Gasteiger partial charge in [-0.15, -0.1) is 0 Å². The average Bonchev–Trinajstić information content (AvgIpc) is 3.07. The second-order valence-electron chi connectivity index (χ2n) is 4.73. The first-order chi connectivity index (χ1) is 12.0. The Hall–Kier alpha value is -2.58. The summed E-state index contributed by atoms with van der Waals surface area (Å²) in [7, 11) is 2.72. The van der Waals surface area contributed by atoms with E-state index in [0.29, 0.717) is 0 Å². The number of methoxy groups -OCH3 is 2. The molecule has 25 heavy (non-hydrogen) atoms. The zero-order valence-electron chi connectivity index (χ0n) is 13.0. The van der Waals surface area contributed by atoms with Gasteiger partial charge in [0.15, 0.2) is 23.1 Å². The standard InChI is InChI=1S/C15H11Cl2FN4O3/c1-23-8-5-20-15(25-8)11-9(17)13(19)22-14(21-11)6-3-4-7(16)12(24-2)10(6)18/h3-5H,1-2H3,(H2,19,21,22). The van der Waals surface area contributed by atoms with E-state index >= 15 is 0 Å². The van der Waals surface area contributed by atoms with E-state index in [-0.39, 0.29) is 50.5 Å². The maximum Gasteiger partial charge on any atom is 0.305 e. The summed E-state index contributed by atoms with van der Waals surface area (Å²) < 4.78 is 29.8. The first-order valence-corrected chi connectivity index (χ1v) is 7.57. The van der Waals surface area contributed by atoms with Crippen molar-refractivity contribution in [2.75, 3.05) is 20.0 Å². The largest absolute Gasteiger partial charge is 0.492 e. The van der Waals surface area contributed by atoms with E-state index in [4.69, 9.17) is 42.8 Å². The number of nitrogens with two attached hydrogens (primary N) is 1. The third-order valence-electron chi connectivity index (χ3n) is 3.26. The Morgan fingerprint density at radius 3 is 2.56 bits per heavy atom. The topological polar surface area (TPSA) is 96.3 Å². The number of aromatic nitrogens is 3. The summed E-state index contributed by atoms with van der Waals surface area (Å²) in [6.45, 7) is 0. The van der Waals surface area contributed by atoms with Crippen LogP contribution in [0.5, 0.6) is 11.7 Å². The Morgan fingerprint density at radius 1 is 1.16 bits per heavy atom. The summed E-state index contributed by atoms with van der Waals surface area (Å²) in [5, 5.41) is 0.137. The summed E-state index contributed by atoms with van der Waals surface area (Å²) >= 11 is 12.0. The first kappa shape index (κ1) is 17.2. The van der Waals surface area contributed by atoms with Gasteiger partial charge in [-0.25, -0.2) is 19.3 Å². The van der Waals surface area contributed by atoms with E-state index < -0.39 is 5.82 Å². The van der Waals surface area contributed by atoms with Crippen molar-refractivity contribution in [3.8, 4) is 34.7 Å². The highest BCUT2D eigenvalue weighted by Crippen LogP contribution is 2.37. The number of anilines is 1. The fourth-order valence-corrected chi connectivity index (χ4v) is 2.47. The Labute approximate surface area is 151 Å². The van der Waals surface area contributed by atoms with Crippen molar-refractivity contribution >= 4 is 29.0 Å². The van der Waals surface area contributed by atoms with Gasteiger partial charge in [-0.3, -0.25) is 0 Å². The van der Waals surface area contributed by atoms with Crippen LogP contribution in [0.1, 0.15) is 0 Å². The Bertz CT molecular complexity index is 949. The molecule has 0 unspecified atom stereocenters. The van der Waals surface area contributed by atoms with Crippen molar-refractivity contribution in [1.82, 2.24) is 15.0 Å². The van der Waals surface area contributed by atoms with Crippen LogP contribution in [-0.2, 0) is 0 Å². The molecule has 130 valence electrons. The number of nitrogen functional groups attached to an aromatic ring is 1. The lowest BCUT2D eigenvalue weighted by molar-refractivity contribution is 0.308. The zero-order chi connectivity index (χ0) is 18.1. The van der Waals surface area contributed by atoms with Crippen LogP contribution in [0.3, 0.4) is 0 Å². The van der Waals surface area contributed by atoms with Crippen molar-refractivity contribution in [1.29, 1.82) is 0 Å². The van der Waals surface area contributed by atoms with Crippen molar-refractivity contribution in [3.05, 3.63) is 34.2 Å². The van der Waals surface area contributed by atoms with Crippen molar-refractivity contribution in [2.45, 2.75) is 0 Å². The van der Waals surface area contributed by atoms with Crippen LogP contribution in [0, 0.1) is 5.82 Å². The van der Waals surface area contributed by atoms with Gasteiger partial charge in [-0.1, -0.05) is 23.2 Å². The summed E-state index contributed by atoms with van der Waals surface area (Å²) in [6, 6.07) is 2.86. The molecule has 10 heteroatoms. The van der Waals surface area contributed by atoms with E-state index in [1.165, 1.54) is 32.5 Å². The molecule has 2 N–H and O–H groups in total. The number of halogens is 3. The van der Waals surface area contributed by atoms with Gasteiger partial charge in [0, 0.05) is 0 Å². The third kappa shape index (κ3) is 3.06. The van der Waals surface area contributed by atoms with Gasteiger partial charge < -0.3 is 19.6 Å². The molecule has 0 aliphatic heterocycles. The molecular formula is C15H11Cl2FN4O3. The molecular weight excluding hydrogens is 374 g/mol. The van der Waals surface area contributed by atoms with Gasteiger partial charge in [-0.2, -0.15) is 0 Å². The smallest absolute Gasteiger partial charge is 0.305 e. The maximum absolute atomic E-state index is 14.6. The van der Waals surface area contributed by atoms with Crippen molar-refractivity contribution < 1.29 is 18.3 Å². The molecule has 7 nitrogen and oxygen atoms in total. The molecule has 3 aromatic rings.